The van der Waals surface area contributed by atoms with Crippen molar-refractivity contribution in [2.45, 2.75) is 31.2 Å². The number of rotatable bonds is 5. The molecule has 1 atom stereocenters. The van der Waals surface area contributed by atoms with E-state index in [2.05, 4.69) is 20.7 Å². The molecule has 0 saturated heterocycles. The molecule has 1 N–H and O–H groups in total. The van der Waals surface area contributed by atoms with E-state index in [9.17, 15) is 8.42 Å². The summed E-state index contributed by atoms with van der Waals surface area (Å²) in [5.41, 5.74) is 0. The Morgan fingerprint density at radius 3 is 2.59 bits per heavy atom. The molecule has 0 aliphatic heterocycles. The second kappa shape index (κ2) is 5.84. The molecule has 0 aliphatic rings. The van der Waals surface area contributed by atoms with Gasteiger partial charge in [-0.1, -0.05) is 6.92 Å². The molecule has 6 heteroatoms. The summed E-state index contributed by atoms with van der Waals surface area (Å²) < 4.78 is 32.2. The van der Waals surface area contributed by atoms with Crippen LogP contribution in [0.4, 0.5) is 0 Å². The largest absolute Gasteiger partial charge is 0.496 e. The third-order valence-corrected chi connectivity index (χ3v) is 4.61. The lowest BCUT2D eigenvalue weighted by Gasteiger charge is -2.13. The van der Waals surface area contributed by atoms with Crippen LogP contribution in [0.2, 0.25) is 0 Å². The zero-order valence-corrected chi connectivity index (χ0v) is 12.4. The number of sulfonamides is 1. The minimum absolute atomic E-state index is 0.0825. The average molecular weight is 322 g/mol. The van der Waals surface area contributed by atoms with Crippen LogP contribution in [0.15, 0.2) is 27.6 Å². The summed E-state index contributed by atoms with van der Waals surface area (Å²) in [6.07, 6.45) is 0.747. The molecule has 0 aliphatic carbocycles. The summed E-state index contributed by atoms with van der Waals surface area (Å²) in [4.78, 5) is 0.227. The van der Waals surface area contributed by atoms with Gasteiger partial charge in [-0.2, -0.15) is 0 Å². The summed E-state index contributed by atoms with van der Waals surface area (Å²) in [5, 5.41) is 0. The summed E-state index contributed by atoms with van der Waals surface area (Å²) in [6, 6.07) is 4.59. The van der Waals surface area contributed by atoms with Crippen molar-refractivity contribution in [3.63, 3.8) is 0 Å². The summed E-state index contributed by atoms with van der Waals surface area (Å²) in [5.74, 6) is 0.604. The molecule has 0 amide bonds. The van der Waals surface area contributed by atoms with Crippen molar-refractivity contribution in [2.24, 2.45) is 0 Å². The molecular weight excluding hydrogens is 306 g/mol. The monoisotopic (exact) mass is 321 g/mol. The van der Waals surface area contributed by atoms with Gasteiger partial charge in [0.25, 0.3) is 0 Å². The number of methoxy groups -OCH3 is 1. The Morgan fingerprint density at radius 1 is 1.47 bits per heavy atom. The second-order valence-corrected chi connectivity index (χ2v) is 6.30. The van der Waals surface area contributed by atoms with Gasteiger partial charge in [0.05, 0.1) is 16.5 Å². The van der Waals surface area contributed by atoms with Gasteiger partial charge >= 0.3 is 0 Å². The standard InChI is InChI=1S/C11H16BrNO3S/c1-4-8(2)13-17(14,15)9-5-6-11(16-3)10(12)7-9/h5-8,13H,4H2,1-3H3/t8-/m0/s1. The Morgan fingerprint density at radius 2 is 2.12 bits per heavy atom. The van der Waals surface area contributed by atoms with Crippen LogP contribution in [0.3, 0.4) is 0 Å². The lowest BCUT2D eigenvalue weighted by molar-refractivity contribution is 0.411. The molecule has 0 radical (unpaired) electrons. The van der Waals surface area contributed by atoms with E-state index in [0.29, 0.717) is 10.2 Å². The highest BCUT2D eigenvalue weighted by atomic mass is 79.9. The van der Waals surface area contributed by atoms with Crippen LogP contribution < -0.4 is 9.46 Å². The highest BCUT2D eigenvalue weighted by Crippen LogP contribution is 2.27. The molecule has 0 spiro atoms. The number of hydrogen-bond donors (Lipinski definition) is 1. The van der Waals surface area contributed by atoms with Crippen LogP contribution in [0, 0.1) is 0 Å². The number of benzene rings is 1. The lowest BCUT2D eigenvalue weighted by Crippen LogP contribution is -2.31. The van der Waals surface area contributed by atoms with Crippen LogP contribution >= 0.6 is 15.9 Å². The van der Waals surface area contributed by atoms with E-state index < -0.39 is 10.0 Å². The zero-order valence-electron chi connectivity index (χ0n) is 10.0. The molecule has 96 valence electrons. The van der Waals surface area contributed by atoms with Gasteiger partial charge in [-0.3, -0.25) is 0 Å². The number of ether oxygens (including phenoxy) is 1. The molecule has 1 aromatic carbocycles. The lowest BCUT2D eigenvalue weighted by atomic mass is 10.3. The van der Waals surface area contributed by atoms with Crippen molar-refractivity contribution >= 4 is 26.0 Å². The quantitative estimate of drug-likeness (QED) is 0.906. The highest BCUT2D eigenvalue weighted by molar-refractivity contribution is 9.10. The smallest absolute Gasteiger partial charge is 0.240 e. The Kier molecular flexibility index (Phi) is 4.97. The van der Waals surface area contributed by atoms with E-state index in [4.69, 9.17) is 4.74 Å². The van der Waals surface area contributed by atoms with Crippen LogP contribution in [0.25, 0.3) is 0 Å². The van der Waals surface area contributed by atoms with Gasteiger partial charge in [0, 0.05) is 6.04 Å². The van der Waals surface area contributed by atoms with E-state index >= 15 is 0 Å². The first-order valence-corrected chi connectivity index (χ1v) is 7.54. The maximum absolute atomic E-state index is 12.0. The molecule has 1 rings (SSSR count). The third-order valence-electron chi connectivity index (χ3n) is 2.40. The Balaban J connectivity index is 3.04. The molecule has 4 nitrogen and oxygen atoms in total. The van der Waals surface area contributed by atoms with Gasteiger partial charge in [-0.05, 0) is 47.5 Å². The summed E-state index contributed by atoms with van der Waals surface area (Å²) >= 11 is 3.27. The SMILES string of the molecule is CC[C@H](C)NS(=O)(=O)c1ccc(OC)c(Br)c1. The number of hydrogen-bond acceptors (Lipinski definition) is 3. The fourth-order valence-corrected chi connectivity index (χ4v) is 3.28. The molecule has 0 saturated carbocycles. The molecule has 0 unspecified atom stereocenters. The van der Waals surface area contributed by atoms with E-state index in [0.717, 1.165) is 6.42 Å². The number of halogens is 1. The topological polar surface area (TPSA) is 55.4 Å². The predicted octanol–water partition coefficient (Wildman–Crippen LogP) is 2.53. The summed E-state index contributed by atoms with van der Waals surface area (Å²) in [6.45, 7) is 3.76. The van der Waals surface area contributed by atoms with Gasteiger partial charge in [0.1, 0.15) is 5.75 Å². The van der Waals surface area contributed by atoms with Crippen molar-refractivity contribution in [2.75, 3.05) is 7.11 Å². The minimum atomic E-state index is -3.45. The highest BCUT2D eigenvalue weighted by Gasteiger charge is 2.17. The van der Waals surface area contributed by atoms with Gasteiger partial charge in [-0.25, -0.2) is 13.1 Å². The van der Waals surface area contributed by atoms with Crippen LogP contribution in [-0.4, -0.2) is 21.6 Å². The first-order valence-electron chi connectivity index (χ1n) is 5.26. The van der Waals surface area contributed by atoms with Gasteiger partial charge in [0.2, 0.25) is 10.0 Å². The van der Waals surface area contributed by atoms with Crippen LogP contribution in [0.5, 0.6) is 5.75 Å². The Labute approximate surface area is 111 Å². The van der Waals surface area contributed by atoms with Crippen LogP contribution in [-0.2, 0) is 10.0 Å². The Hall–Kier alpha value is -0.590. The summed E-state index contributed by atoms with van der Waals surface area (Å²) in [7, 11) is -1.92. The maximum atomic E-state index is 12.0. The van der Waals surface area contributed by atoms with E-state index in [1.807, 2.05) is 13.8 Å². The predicted molar refractivity (Wildman–Crippen MR) is 70.8 cm³/mol. The van der Waals surface area contributed by atoms with Crippen molar-refractivity contribution in [1.29, 1.82) is 0 Å². The first kappa shape index (κ1) is 14.5. The van der Waals surface area contributed by atoms with Gasteiger partial charge < -0.3 is 4.74 Å². The fraction of sp³-hybridized carbons (Fsp3) is 0.455. The zero-order chi connectivity index (χ0) is 13.1. The van der Waals surface area contributed by atoms with Crippen molar-refractivity contribution in [3.8, 4) is 5.75 Å². The minimum Gasteiger partial charge on any atom is -0.496 e. The average Bonchev–Trinajstić information content (AvgIpc) is 2.28. The second-order valence-electron chi connectivity index (χ2n) is 3.73. The molecule has 0 heterocycles. The van der Waals surface area contributed by atoms with E-state index in [-0.39, 0.29) is 10.9 Å². The van der Waals surface area contributed by atoms with E-state index in [1.54, 1.807) is 6.07 Å². The number of nitrogens with one attached hydrogen (secondary N) is 1. The first-order chi connectivity index (χ1) is 7.90. The molecule has 1 aromatic rings. The van der Waals surface area contributed by atoms with E-state index in [1.165, 1.54) is 19.2 Å². The Bertz CT molecular complexity index is 487. The third kappa shape index (κ3) is 3.69. The van der Waals surface area contributed by atoms with Crippen molar-refractivity contribution in [3.05, 3.63) is 22.7 Å². The molecule has 17 heavy (non-hydrogen) atoms. The molecule has 0 fully saturated rings. The molecule has 0 bridgehead atoms. The van der Waals surface area contributed by atoms with Crippen LogP contribution in [0.1, 0.15) is 20.3 Å². The van der Waals surface area contributed by atoms with Gasteiger partial charge in [-0.15, -0.1) is 0 Å². The molecule has 0 aromatic heterocycles. The molecular formula is C11H16BrNO3S. The maximum Gasteiger partial charge on any atom is 0.240 e. The van der Waals surface area contributed by atoms with Gasteiger partial charge in [0.15, 0.2) is 0 Å². The van der Waals surface area contributed by atoms with Crippen molar-refractivity contribution < 1.29 is 13.2 Å². The normalized spacial score (nSPS) is 13.4. The van der Waals surface area contributed by atoms with Crippen molar-refractivity contribution in [1.82, 2.24) is 4.72 Å². The fourth-order valence-electron chi connectivity index (χ4n) is 1.23.